The first-order valence-corrected chi connectivity index (χ1v) is 11.5. The van der Waals surface area contributed by atoms with Gasteiger partial charge in [0.15, 0.2) is 0 Å². The average Bonchev–Trinajstić information content (AvgIpc) is 3.19. The smallest absolute Gasteiger partial charge is 0.411 e. The lowest BCUT2D eigenvalue weighted by Gasteiger charge is -2.25. The van der Waals surface area contributed by atoms with Gasteiger partial charge in [-0.05, 0) is 53.8 Å². The SMILES string of the molecule is CC(C(=O)N(C)C(C)C(=O)O)c1ccc(NC(=O)OCC2c3ccccc3-c3ccccc32)cc1. The minimum absolute atomic E-state index is 0.0208. The molecule has 0 bridgehead atoms. The number of amides is 2. The van der Waals surface area contributed by atoms with Crippen LogP contribution in [0, 0.1) is 0 Å². The molecule has 0 saturated carbocycles. The fourth-order valence-electron chi connectivity index (χ4n) is 4.41. The number of ether oxygens (including phenoxy) is 1. The summed E-state index contributed by atoms with van der Waals surface area (Å²) in [6.07, 6.45) is -0.557. The van der Waals surface area contributed by atoms with Gasteiger partial charge in [0.1, 0.15) is 12.6 Å². The summed E-state index contributed by atoms with van der Waals surface area (Å²) in [6, 6.07) is 22.3. The number of nitrogens with zero attached hydrogens (tertiary/aromatic N) is 1. The van der Waals surface area contributed by atoms with E-state index in [1.165, 1.54) is 30.0 Å². The molecule has 7 nitrogen and oxygen atoms in total. The van der Waals surface area contributed by atoms with Crippen molar-refractivity contribution >= 4 is 23.7 Å². The van der Waals surface area contributed by atoms with Gasteiger partial charge in [-0.1, -0.05) is 60.7 Å². The number of anilines is 1. The molecular formula is C28H28N2O5. The van der Waals surface area contributed by atoms with E-state index < -0.39 is 24.0 Å². The Morgan fingerprint density at radius 1 is 0.914 bits per heavy atom. The van der Waals surface area contributed by atoms with Gasteiger partial charge in [0.05, 0.1) is 5.92 Å². The second-order valence-electron chi connectivity index (χ2n) is 8.76. The molecule has 0 saturated heterocycles. The highest BCUT2D eigenvalue weighted by atomic mass is 16.5. The van der Waals surface area contributed by atoms with E-state index in [-0.39, 0.29) is 18.4 Å². The van der Waals surface area contributed by atoms with Crippen LogP contribution in [0.2, 0.25) is 0 Å². The van der Waals surface area contributed by atoms with Gasteiger partial charge < -0.3 is 14.7 Å². The molecule has 0 aliphatic heterocycles. The van der Waals surface area contributed by atoms with Gasteiger partial charge in [-0.25, -0.2) is 9.59 Å². The Balaban J connectivity index is 1.37. The fraction of sp³-hybridized carbons (Fsp3) is 0.250. The van der Waals surface area contributed by atoms with E-state index in [4.69, 9.17) is 9.84 Å². The van der Waals surface area contributed by atoms with Crippen LogP contribution in [0.1, 0.15) is 42.4 Å². The third-order valence-electron chi connectivity index (χ3n) is 6.66. The van der Waals surface area contributed by atoms with E-state index in [2.05, 4.69) is 29.6 Å². The maximum atomic E-state index is 12.6. The molecule has 2 amide bonds. The van der Waals surface area contributed by atoms with Crippen LogP contribution in [0.5, 0.6) is 0 Å². The lowest BCUT2D eigenvalue weighted by molar-refractivity contribution is -0.148. The van der Waals surface area contributed by atoms with Crippen molar-refractivity contribution in [1.82, 2.24) is 4.90 Å². The molecule has 4 rings (SSSR count). The van der Waals surface area contributed by atoms with Gasteiger partial charge >= 0.3 is 12.1 Å². The molecule has 2 atom stereocenters. The molecule has 0 radical (unpaired) electrons. The van der Waals surface area contributed by atoms with Crippen LogP contribution in [-0.2, 0) is 14.3 Å². The molecule has 35 heavy (non-hydrogen) atoms. The Labute approximate surface area is 204 Å². The van der Waals surface area contributed by atoms with E-state index >= 15 is 0 Å². The predicted octanol–water partition coefficient (Wildman–Crippen LogP) is 5.08. The number of benzene rings is 3. The van der Waals surface area contributed by atoms with E-state index in [0.29, 0.717) is 5.69 Å². The van der Waals surface area contributed by atoms with Crippen LogP contribution < -0.4 is 5.32 Å². The standard InChI is InChI=1S/C28H28N2O5/c1-17(26(31)30(3)18(2)27(32)33)19-12-14-20(15-13-19)29-28(34)35-16-25-23-10-6-4-8-21(23)22-9-5-7-11-24(22)25/h4-15,17-18,25H,16H2,1-3H3,(H,29,34)(H,32,33). The van der Waals surface area contributed by atoms with Crippen LogP contribution in [0.3, 0.4) is 0 Å². The van der Waals surface area contributed by atoms with Gasteiger partial charge in [-0.15, -0.1) is 0 Å². The molecule has 0 spiro atoms. The molecule has 3 aromatic carbocycles. The summed E-state index contributed by atoms with van der Waals surface area (Å²) in [6.45, 7) is 3.41. The van der Waals surface area contributed by atoms with Crippen molar-refractivity contribution in [1.29, 1.82) is 0 Å². The third-order valence-corrected chi connectivity index (χ3v) is 6.66. The maximum absolute atomic E-state index is 12.6. The molecule has 1 aliphatic rings. The number of carboxylic acids is 1. The number of carboxylic acid groups (broad SMARTS) is 1. The minimum atomic E-state index is -1.06. The summed E-state index contributed by atoms with van der Waals surface area (Å²) in [5.74, 6) is -1.90. The van der Waals surface area contributed by atoms with Crippen molar-refractivity contribution in [2.24, 2.45) is 0 Å². The summed E-state index contributed by atoms with van der Waals surface area (Å²) >= 11 is 0. The number of nitrogens with one attached hydrogen (secondary N) is 1. The highest BCUT2D eigenvalue weighted by Crippen LogP contribution is 2.44. The Bertz CT molecular complexity index is 1210. The van der Waals surface area contributed by atoms with Crippen LogP contribution in [0.15, 0.2) is 72.8 Å². The molecule has 0 fully saturated rings. The number of hydrogen-bond donors (Lipinski definition) is 2. The predicted molar refractivity (Wildman–Crippen MR) is 133 cm³/mol. The lowest BCUT2D eigenvalue weighted by atomic mass is 9.98. The average molecular weight is 473 g/mol. The van der Waals surface area contributed by atoms with E-state index in [1.807, 2.05) is 24.3 Å². The number of rotatable bonds is 7. The van der Waals surface area contributed by atoms with Crippen molar-refractivity contribution < 1.29 is 24.2 Å². The fourth-order valence-corrected chi connectivity index (χ4v) is 4.41. The highest BCUT2D eigenvalue weighted by Gasteiger charge is 2.29. The van der Waals surface area contributed by atoms with Crippen LogP contribution in [0.25, 0.3) is 11.1 Å². The molecular weight excluding hydrogens is 444 g/mol. The monoisotopic (exact) mass is 472 g/mol. The normalized spacial score (nSPS) is 13.8. The number of carbonyl (C=O) groups is 3. The van der Waals surface area contributed by atoms with Gasteiger partial charge in [0.25, 0.3) is 0 Å². The largest absolute Gasteiger partial charge is 0.480 e. The zero-order valence-corrected chi connectivity index (χ0v) is 19.9. The molecule has 1 aliphatic carbocycles. The van der Waals surface area contributed by atoms with E-state index in [9.17, 15) is 14.4 Å². The van der Waals surface area contributed by atoms with Gasteiger partial charge in [0.2, 0.25) is 5.91 Å². The Morgan fingerprint density at radius 3 is 2.00 bits per heavy atom. The summed E-state index contributed by atoms with van der Waals surface area (Å²) in [5, 5.41) is 11.9. The Kier molecular flexibility index (Phi) is 6.87. The van der Waals surface area contributed by atoms with Crippen molar-refractivity contribution in [3.05, 3.63) is 89.5 Å². The Hall–Kier alpha value is -4.13. The molecule has 3 aromatic rings. The maximum Gasteiger partial charge on any atom is 0.411 e. The zero-order valence-electron chi connectivity index (χ0n) is 19.9. The summed E-state index contributed by atoms with van der Waals surface area (Å²) in [4.78, 5) is 37.5. The molecule has 0 aromatic heterocycles. The molecule has 2 unspecified atom stereocenters. The van der Waals surface area contributed by atoms with Gasteiger partial charge in [0, 0.05) is 18.7 Å². The number of likely N-dealkylation sites (N-methyl/N-ethyl adjacent to an activating group) is 1. The van der Waals surface area contributed by atoms with Crippen LogP contribution >= 0.6 is 0 Å². The van der Waals surface area contributed by atoms with Crippen molar-refractivity contribution in [3.8, 4) is 11.1 Å². The Morgan fingerprint density at radius 2 is 1.46 bits per heavy atom. The summed E-state index contributed by atoms with van der Waals surface area (Å²) in [7, 11) is 1.48. The van der Waals surface area contributed by atoms with Crippen molar-refractivity contribution in [2.75, 3.05) is 19.0 Å². The van der Waals surface area contributed by atoms with Gasteiger partial charge in [-0.2, -0.15) is 0 Å². The number of carbonyl (C=O) groups excluding carboxylic acids is 2. The molecule has 180 valence electrons. The van der Waals surface area contributed by atoms with Crippen LogP contribution in [-0.4, -0.2) is 47.7 Å². The molecule has 2 N–H and O–H groups in total. The van der Waals surface area contributed by atoms with Crippen LogP contribution in [0.4, 0.5) is 10.5 Å². The van der Waals surface area contributed by atoms with Crippen molar-refractivity contribution in [2.45, 2.75) is 31.7 Å². The molecule has 0 heterocycles. The quantitative estimate of drug-likeness (QED) is 0.500. The third kappa shape index (κ3) is 4.89. The number of fused-ring (bicyclic) bond motifs is 3. The minimum Gasteiger partial charge on any atom is -0.480 e. The van der Waals surface area contributed by atoms with E-state index in [0.717, 1.165) is 16.7 Å². The second-order valence-corrected chi connectivity index (χ2v) is 8.76. The summed E-state index contributed by atoms with van der Waals surface area (Å²) in [5.41, 5.74) is 5.88. The number of hydrogen-bond acceptors (Lipinski definition) is 4. The lowest BCUT2D eigenvalue weighted by Crippen LogP contribution is -2.42. The van der Waals surface area contributed by atoms with Crippen molar-refractivity contribution in [3.63, 3.8) is 0 Å². The first-order valence-electron chi connectivity index (χ1n) is 11.5. The van der Waals surface area contributed by atoms with E-state index in [1.54, 1.807) is 31.2 Å². The zero-order chi connectivity index (χ0) is 25.1. The number of aliphatic carboxylic acids is 1. The van der Waals surface area contributed by atoms with Gasteiger partial charge in [-0.3, -0.25) is 10.1 Å². The molecule has 7 heteroatoms. The first-order chi connectivity index (χ1) is 16.8. The second kappa shape index (κ2) is 10.0. The topological polar surface area (TPSA) is 95.9 Å². The highest BCUT2D eigenvalue weighted by molar-refractivity contribution is 5.88. The summed E-state index contributed by atoms with van der Waals surface area (Å²) < 4.78 is 5.57. The first kappa shape index (κ1) is 24.0.